The van der Waals surface area contributed by atoms with E-state index in [2.05, 4.69) is 4.98 Å². The zero-order valence-electron chi connectivity index (χ0n) is 10.1. The van der Waals surface area contributed by atoms with Crippen LogP contribution in [0.4, 0.5) is 0 Å². The van der Waals surface area contributed by atoms with E-state index in [1.54, 1.807) is 18.4 Å². The van der Waals surface area contributed by atoms with Crippen LogP contribution in [0.25, 0.3) is 0 Å². The van der Waals surface area contributed by atoms with Crippen molar-refractivity contribution in [3.8, 4) is 0 Å². The van der Waals surface area contributed by atoms with Crippen molar-refractivity contribution in [3.05, 3.63) is 16.1 Å². The van der Waals surface area contributed by atoms with E-state index in [0.29, 0.717) is 0 Å². The van der Waals surface area contributed by atoms with Gasteiger partial charge in [-0.3, -0.25) is 0 Å². The van der Waals surface area contributed by atoms with Gasteiger partial charge in [-0.05, 0) is 27.7 Å². The molecule has 0 spiro atoms. The summed E-state index contributed by atoms with van der Waals surface area (Å²) in [6.07, 6.45) is 2.62. The molecule has 0 radical (unpaired) electrons. The molecule has 1 unspecified atom stereocenters. The second-order valence-electron chi connectivity index (χ2n) is 4.83. The second-order valence-corrected chi connectivity index (χ2v) is 6.07. The van der Waals surface area contributed by atoms with Crippen LogP contribution >= 0.6 is 11.3 Å². The van der Waals surface area contributed by atoms with Gasteiger partial charge in [-0.15, -0.1) is 11.3 Å². The first kappa shape index (κ1) is 12.6. The summed E-state index contributed by atoms with van der Waals surface area (Å²) >= 11 is 1.65. The molecule has 1 heterocycles. The Hall–Kier alpha value is -0.450. The average Bonchev–Trinajstić information content (AvgIpc) is 2.51. The van der Waals surface area contributed by atoms with Gasteiger partial charge in [0, 0.05) is 24.6 Å². The number of nitrogens with zero attached hydrogens (tertiary/aromatic N) is 1. The standard InChI is InChI=1S/C11H20N2OS/c1-8-6-13-9(15-8)11(4,12)7-10(2,3)14-5/h6H,7,12H2,1-5H3. The van der Waals surface area contributed by atoms with Gasteiger partial charge in [0.05, 0.1) is 11.1 Å². The summed E-state index contributed by atoms with van der Waals surface area (Å²) in [5.74, 6) is 0. The van der Waals surface area contributed by atoms with Crippen LogP contribution < -0.4 is 5.73 Å². The normalized spacial score (nSPS) is 16.4. The van der Waals surface area contributed by atoms with Crippen molar-refractivity contribution in [2.75, 3.05) is 7.11 Å². The van der Waals surface area contributed by atoms with Crippen LogP contribution in [0.2, 0.25) is 0 Å². The van der Waals surface area contributed by atoms with E-state index in [4.69, 9.17) is 10.5 Å². The first-order valence-electron chi connectivity index (χ1n) is 5.04. The molecule has 1 rings (SSSR count). The van der Waals surface area contributed by atoms with E-state index in [0.717, 1.165) is 11.4 Å². The Morgan fingerprint density at radius 3 is 2.47 bits per heavy atom. The molecule has 1 aromatic heterocycles. The molecule has 0 aliphatic rings. The third-order valence-electron chi connectivity index (χ3n) is 2.46. The van der Waals surface area contributed by atoms with Crippen LogP contribution in [0.1, 0.15) is 37.1 Å². The lowest BCUT2D eigenvalue weighted by molar-refractivity contribution is -0.00147. The van der Waals surface area contributed by atoms with Gasteiger partial charge >= 0.3 is 0 Å². The van der Waals surface area contributed by atoms with Crippen LogP contribution in [-0.2, 0) is 10.3 Å². The van der Waals surface area contributed by atoms with Crippen molar-refractivity contribution in [1.82, 2.24) is 4.98 Å². The number of nitrogens with two attached hydrogens (primary N) is 1. The molecular weight excluding hydrogens is 208 g/mol. The minimum atomic E-state index is -0.418. The summed E-state index contributed by atoms with van der Waals surface area (Å²) in [5, 5.41) is 0.977. The summed E-state index contributed by atoms with van der Waals surface area (Å²) in [6, 6.07) is 0. The fraction of sp³-hybridized carbons (Fsp3) is 0.727. The predicted octanol–water partition coefficient (Wildman–Crippen LogP) is 2.44. The Labute approximate surface area is 95.7 Å². The topological polar surface area (TPSA) is 48.1 Å². The van der Waals surface area contributed by atoms with Gasteiger partial charge in [-0.25, -0.2) is 4.98 Å². The Balaban J connectivity index is 2.84. The van der Waals surface area contributed by atoms with Crippen LogP contribution in [0.5, 0.6) is 0 Å². The Bertz CT molecular complexity index is 331. The monoisotopic (exact) mass is 228 g/mol. The molecule has 0 aromatic carbocycles. The summed E-state index contributed by atoms with van der Waals surface area (Å²) in [4.78, 5) is 5.54. The molecule has 15 heavy (non-hydrogen) atoms. The van der Waals surface area contributed by atoms with Crippen molar-refractivity contribution in [2.24, 2.45) is 5.73 Å². The van der Waals surface area contributed by atoms with Gasteiger partial charge in [0.25, 0.3) is 0 Å². The number of hydrogen-bond acceptors (Lipinski definition) is 4. The lowest BCUT2D eigenvalue weighted by atomic mass is 9.89. The Morgan fingerprint density at radius 1 is 1.47 bits per heavy atom. The SMILES string of the molecule is COC(C)(C)CC(C)(N)c1ncc(C)s1. The van der Waals surface area contributed by atoms with Crippen LogP contribution in [-0.4, -0.2) is 17.7 Å². The van der Waals surface area contributed by atoms with Crippen molar-refractivity contribution < 1.29 is 4.74 Å². The van der Waals surface area contributed by atoms with E-state index in [1.807, 2.05) is 33.9 Å². The van der Waals surface area contributed by atoms with Crippen LogP contribution in [0, 0.1) is 6.92 Å². The summed E-state index contributed by atoms with van der Waals surface area (Å²) < 4.78 is 5.40. The third-order valence-corrected chi connectivity index (χ3v) is 3.65. The molecule has 4 heteroatoms. The van der Waals surface area contributed by atoms with Crippen molar-refractivity contribution in [1.29, 1.82) is 0 Å². The highest BCUT2D eigenvalue weighted by Gasteiger charge is 2.32. The number of ether oxygens (including phenoxy) is 1. The molecule has 0 bridgehead atoms. The third kappa shape index (κ3) is 3.26. The van der Waals surface area contributed by atoms with E-state index in [-0.39, 0.29) is 5.60 Å². The molecule has 0 saturated carbocycles. The smallest absolute Gasteiger partial charge is 0.113 e. The zero-order chi connectivity index (χ0) is 11.7. The maximum atomic E-state index is 6.28. The van der Waals surface area contributed by atoms with Gasteiger partial charge in [0.1, 0.15) is 5.01 Å². The zero-order valence-corrected chi connectivity index (χ0v) is 10.9. The largest absolute Gasteiger partial charge is 0.379 e. The van der Waals surface area contributed by atoms with E-state index >= 15 is 0 Å². The van der Waals surface area contributed by atoms with Gasteiger partial charge < -0.3 is 10.5 Å². The highest BCUT2D eigenvalue weighted by molar-refractivity contribution is 7.11. The lowest BCUT2D eigenvalue weighted by Crippen LogP contribution is -2.41. The molecule has 0 saturated heterocycles. The number of thiazole rings is 1. The highest BCUT2D eigenvalue weighted by atomic mass is 32.1. The molecule has 1 aromatic rings. The molecule has 3 nitrogen and oxygen atoms in total. The van der Waals surface area contributed by atoms with E-state index in [1.165, 1.54) is 4.88 Å². The summed E-state index contributed by atoms with van der Waals surface area (Å²) in [6.45, 7) is 8.13. The van der Waals surface area contributed by atoms with Gasteiger partial charge in [-0.1, -0.05) is 0 Å². The molecule has 1 atom stereocenters. The summed E-state index contributed by atoms with van der Waals surface area (Å²) in [5.41, 5.74) is 5.64. The van der Waals surface area contributed by atoms with Gasteiger partial charge in [0.15, 0.2) is 0 Å². The predicted molar refractivity (Wildman–Crippen MR) is 64.1 cm³/mol. The lowest BCUT2D eigenvalue weighted by Gasteiger charge is -2.32. The number of aryl methyl sites for hydroxylation is 1. The maximum absolute atomic E-state index is 6.28. The molecule has 0 fully saturated rings. The van der Waals surface area contributed by atoms with Crippen molar-refractivity contribution in [3.63, 3.8) is 0 Å². The van der Waals surface area contributed by atoms with E-state index in [9.17, 15) is 0 Å². The summed E-state index contributed by atoms with van der Waals surface area (Å²) in [7, 11) is 1.71. The number of methoxy groups -OCH3 is 1. The molecule has 0 aliphatic heterocycles. The fourth-order valence-corrected chi connectivity index (χ4v) is 2.47. The fourth-order valence-electron chi connectivity index (χ4n) is 1.65. The van der Waals surface area contributed by atoms with E-state index < -0.39 is 5.54 Å². The van der Waals surface area contributed by atoms with Gasteiger partial charge in [0.2, 0.25) is 0 Å². The molecule has 2 N–H and O–H groups in total. The number of rotatable bonds is 4. The minimum absolute atomic E-state index is 0.219. The Morgan fingerprint density at radius 2 is 2.07 bits per heavy atom. The highest BCUT2D eigenvalue weighted by Crippen LogP contribution is 2.31. The average molecular weight is 228 g/mol. The molecular formula is C11H20N2OS. The molecule has 0 amide bonds. The minimum Gasteiger partial charge on any atom is -0.379 e. The second kappa shape index (κ2) is 4.20. The maximum Gasteiger partial charge on any atom is 0.113 e. The van der Waals surface area contributed by atoms with Gasteiger partial charge in [-0.2, -0.15) is 0 Å². The molecule has 0 aliphatic carbocycles. The van der Waals surface area contributed by atoms with Crippen LogP contribution in [0.15, 0.2) is 6.20 Å². The molecule has 86 valence electrons. The van der Waals surface area contributed by atoms with Crippen molar-refractivity contribution in [2.45, 2.75) is 45.3 Å². The van der Waals surface area contributed by atoms with Crippen LogP contribution in [0.3, 0.4) is 0 Å². The number of hydrogen-bond donors (Lipinski definition) is 1. The Kier molecular flexibility index (Phi) is 3.53. The first-order valence-corrected chi connectivity index (χ1v) is 5.85. The van der Waals surface area contributed by atoms with Crippen molar-refractivity contribution >= 4 is 11.3 Å². The first-order chi connectivity index (χ1) is 6.77. The number of aromatic nitrogens is 1. The quantitative estimate of drug-likeness (QED) is 0.861.